The predicted molar refractivity (Wildman–Crippen MR) is 36.7 cm³/mol. The number of primary amides is 1. The van der Waals surface area contributed by atoms with Gasteiger partial charge in [0.15, 0.2) is 0 Å². The summed E-state index contributed by atoms with van der Waals surface area (Å²) >= 11 is 0. The van der Waals surface area contributed by atoms with E-state index in [0.717, 1.165) is 0 Å². The maximum absolute atomic E-state index is 9.99. The molecule has 0 bridgehead atoms. The summed E-state index contributed by atoms with van der Waals surface area (Å²) < 4.78 is 0. The molecule has 0 aliphatic carbocycles. The summed E-state index contributed by atoms with van der Waals surface area (Å²) in [4.78, 5) is 19.9. The Labute approximate surface area is 62.6 Å². The Morgan fingerprint density at radius 2 is 1.73 bits per heavy atom. The van der Waals surface area contributed by atoms with Crippen LogP contribution in [0.1, 0.15) is 6.42 Å². The Morgan fingerprint density at radius 1 is 1.36 bits per heavy atom. The van der Waals surface area contributed by atoms with E-state index in [9.17, 15) is 9.59 Å². The van der Waals surface area contributed by atoms with E-state index in [1.165, 1.54) is 0 Å². The summed E-state index contributed by atoms with van der Waals surface area (Å²) in [5, 5.41) is 8.10. The Balaban J connectivity index is -0.000000320. The molecular weight excluding hydrogens is 156 g/mol. The molecule has 1 amide bonds. The minimum atomic E-state index is -1.21. The van der Waals surface area contributed by atoms with E-state index in [1.54, 1.807) is 0 Å². The first-order valence-corrected chi connectivity index (χ1v) is 2.30. The van der Waals surface area contributed by atoms with Gasteiger partial charge in [0.1, 0.15) is 6.04 Å². The van der Waals surface area contributed by atoms with Crippen LogP contribution in [0.25, 0.3) is 0 Å². The number of carbonyl (C=O) groups excluding carboxylic acids is 1. The van der Waals surface area contributed by atoms with Gasteiger partial charge in [0, 0.05) is 0 Å². The molecule has 7 heteroatoms. The second-order valence-electron chi connectivity index (χ2n) is 1.62. The molecule has 9 N–H and O–H groups in total. The van der Waals surface area contributed by atoms with Gasteiger partial charge in [-0.3, -0.25) is 9.59 Å². The van der Waals surface area contributed by atoms with Gasteiger partial charge in [-0.2, -0.15) is 0 Å². The molecule has 0 saturated heterocycles. The van der Waals surface area contributed by atoms with E-state index in [1.807, 2.05) is 0 Å². The molecule has 0 aromatic carbocycles. The fourth-order valence-electron chi connectivity index (χ4n) is 0.304. The summed E-state index contributed by atoms with van der Waals surface area (Å²) in [6.45, 7) is 0. The first-order chi connectivity index (χ1) is 4.04. The quantitative estimate of drug-likeness (QED) is 0.399. The molecular formula is C4H12N2O5. The van der Waals surface area contributed by atoms with Crippen molar-refractivity contribution in [1.82, 2.24) is 0 Å². The van der Waals surface area contributed by atoms with Crippen LogP contribution in [0.3, 0.4) is 0 Å². The average Bonchev–Trinajstić information content (AvgIpc) is 1.63. The van der Waals surface area contributed by atoms with Crippen molar-refractivity contribution in [3.05, 3.63) is 0 Å². The van der Waals surface area contributed by atoms with Crippen molar-refractivity contribution < 1.29 is 25.6 Å². The van der Waals surface area contributed by atoms with Crippen LogP contribution in [0.2, 0.25) is 0 Å². The standard InChI is InChI=1S/C4H8N2O3.2H2O/c5-2(4(8)9)1-3(6)7;;/h2H,1,5H2,(H2,6,7)(H,8,9);2*1H2/t2-;;/m1../s1. The van der Waals surface area contributed by atoms with E-state index in [2.05, 4.69) is 5.73 Å². The largest absolute Gasteiger partial charge is 0.480 e. The molecule has 7 nitrogen and oxygen atoms in total. The third-order valence-corrected chi connectivity index (χ3v) is 0.738. The molecule has 0 unspecified atom stereocenters. The summed E-state index contributed by atoms with van der Waals surface area (Å²) in [6.07, 6.45) is -0.310. The van der Waals surface area contributed by atoms with Crippen LogP contribution in [0, 0.1) is 0 Å². The van der Waals surface area contributed by atoms with Crippen LogP contribution in [-0.2, 0) is 9.59 Å². The van der Waals surface area contributed by atoms with Gasteiger partial charge in [-0.25, -0.2) is 0 Å². The number of hydrogen-bond acceptors (Lipinski definition) is 3. The zero-order chi connectivity index (χ0) is 7.44. The SMILES string of the molecule is NC(=O)C[C@@H](N)C(=O)O.O.O. The fourth-order valence-corrected chi connectivity index (χ4v) is 0.304. The lowest BCUT2D eigenvalue weighted by Gasteiger charge is -1.99. The number of carbonyl (C=O) groups is 2. The first-order valence-electron chi connectivity index (χ1n) is 2.30. The van der Waals surface area contributed by atoms with E-state index in [-0.39, 0.29) is 17.4 Å². The van der Waals surface area contributed by atoms with Crippen LogP contribution >= 0.6 is 0 Å². The fraction of sp³-hybridized carbons (Fsp3) is 0.500. The van der Waals surface area contributed by atoms with Crippen molar-refractivity contribution in [3.8, 4) is 0 Å². The zero-order valence-electron chi connectivity index (χ0n) is 5.70. The molecule has 11 heavy (non-hydrogen) atoms. The normalized spacial score (nSPS) is 10.3. The Bertz CT molecular complexity index is 136. The zero-order valence-corrected chi connectivity index (χ0v) is 5.70. The van der Waals surface area contributed by atoms with E-state index in [0.29, 0.717) is 0 Å². The predicted octanol–water partition coefficient (Wildman–Crippen LogP) is -3.38. The number of hydrogen-bond donors (Lipinski definition) is 3. The number of aliphatic carboxylic acids is 1. The highest BCUT2D eigenvalue weighted by Crippen LogP contribution is 1.84. The molecule has 0 rings (SSSR count). The van der Waals surface area contributed by atoms with Crippen LogP contribution in [-0.4, -0.2) is 34.0 Å². The van der Waals surface area contributed by atoms with E-state index in [4.69, 9.17) is 10.8 Å². The van der Waals surface area contributed by atoms with Gasteiger partial charge < -0.3 is 27.5 Å². The highest BCUT2D eigenvalue weighted by Gasteiger charge is 2.13. The van der Waals surface area contributed by atoms with Gasteiger partial charge in [0.2, 0.25) is 5.91 Å². The maximum atomic E-state index is 9.99. The summed E-state index contributed by atoms with van der Waals surface area (Å²) in [5.41, 5.74) is 9.57. The molecule has 0 aromatic heterocycles. The van der Waals surface area contributed by atoms with Crippen LogP contribution in [0.15, 0.2) is 0 Å². The molecule has 68 valence electrons. The Hall–Kier alpha value is -1.18. The van der Waals surface area contributed by atoms with Crippen molar-refractivity contribution in [2.24, 2.45) is 11.5 Å². The summed E-state index contributed by atoms with van der Waals surface area (Å²) in [7, 11) is 0. The monoisotopic (exact) mass is 168 g/mol. The minimum absolute atomic E-state index is 0. The topological polar surface area (TPSA) is 169 Å². The highest BCUT2D eigenvalue weighted by atomic mass is 16.4. The van der Waals surface area contributed by atoms with Gasteiger partial charge in [0.25, 0.3) is 0 Å². The highest BCUT2D eigenvalue weighted by molar-refractivity contribution is 5.82. The second kappa shape index (κ2) is 6.93. The van der Waals surface area contributed by atoms with Gasteiger partial charge >= 0.3 is 5.97 Å². The molecule has 0 fully saturated rings. The van der Waals surface area contributed by atoms with Crippen LogP contribution < -0.4 is 11.5 Å². The number of amides is 1. The van der Waals surface area contributed by atoms with Crippen LogP contribution in [0.5, 0.6) is 0 Å². The van der Waals surface area contributed by atoms with Gasteiger partial charge in [-0.1, -0.05) is 0 Å². The third-order valence-electron chi connectivity index (χ3n) is 0.738. The van der Waals surface area contributed by atoms with Crippen molar-refractivity contribution in [2.75, 3.05) is 0 Å². The lowest BCUT2D eigenvalue weighted by atomic mass is 10.2. The lowest BCUT2D eigenvalue weighted by Crippen LogP contribution is -2.34. The first kappa shape index (κ1) is 16.4. The van der Waals surface area contributed by atoms with Crippen molar-refractivity contribution in [3.63, 3.8) is 0 Å². The molecule has 0 saturated carbocycles. The van der Waals surface area contributed by atoms with E-state index >= 15 is 0 Å². The molecule has 0 aromatic rings. The maximum Gasteiger partial charge on any atom is 0.321 e. The molecule has 0 aliphatic rings. The molecule has 0 heterocycles. The van der Waals surface area contributed by atoms with Crippen molar-refractivity contribution in [2.45, 2.75) is 12.5 Å². The van der Waals surface area contributed by atoms with Crippen molar-refractivity contribution in [1.29, 1.82) is 0 Å². The molecule has 0 aliphatic heterocycles. The average molecular weight is 168 g/mol. The number of nitrogens with two attached hydrogens (primary N) is 2. The van der Waals surface area contributed by atoms with Gasteiger partial charge in [-0.15, -0.1) is 0 Å². The molecule has 1 atom stereocenters. The Morgan fingerprint density at radius 3 is 1.82 bits per heavy atom. The summed E-state index contributed by atoms with van der Waals surface area (Å²) in [5.74, 6) is -1.92. The third kappa shape index (κ3) is 8.82. The minimum Gasteiger partial charge on any atom is -0.480 e. The summed E-state index contributed by atoms with van der Waals surface area (Å²) in [6, 6.07) is -1.16. The molecule has 0 radical (unpaired) electrons. The van der Waals surface area contributed by atoms with Crippen molar-refractivity contribution >= 4 is 11.9 Å². The van der Waals surface area contributed by atoms with Gasteiger partial charge in [0.05, 0.1) is 6.42 Å². The second-order valence-corrected chi connectivity index (χ2v) is 1.62. The van der Waals surface area contributed by atoms with E-state index < -0.39 is 17.9 Å². The Kier molecular flexibility index (Phi) is 10.4. The van der Waals surface area contributed by atoms with Gasteiger partial charge in [-0.05, 0) is 0 Å². The lowest BCUT2D eigenvalue weighted by molar-refractivity contribution is -0.140. The van der Waals surface area contributed by atoms with Crippen LogP contribution in [0.4, 0.5) is 0 Å². The number of carboxylic acids is 1. The number of carboxylic acid groups (broad SMARTS) is 1. The number of rotatable bonds is 3. The smallest absolute Gasteiger partial charge is 0.321 e. The molecule has 0 spiro atoms.